The lowest BCUT2D eigenvalue weighted by Crippen LogP contribution is -2.44. The van der Waals surface area contributed by atoms with Crippen LogP contribution in [0.15, 0.2) is 24.3 Å². The molecule has 0 radical (unpaired) electrons. The number of tetrazole rings is 1. The van der Waals surface area contributed by atoms with Gasteiger partial charge in [0.1, 0.15) is 17.7 Å². The number of halogens is 1. The average Bonchev–Trinajstić information content (AvgIpc) is 3.18. The predicted molar refractivity (Wildman–Crippen MR) is 114 cm³/mol. The molecule has 2 aromatic rings. The number of nitrogens with zero attached hydrogens (tertiary/aromatic N) is 6. The summed E-state index contributed by atoms with van der Waals surface area (Å²) in [6.07, 6.45) is 2.48. The van der Waals surface area contributed by atoms with Crippen molar-refractivity contribution in [2.75, 3.05) is 20.1 Å². The molecular weight excluding hydrogens is 399 g/mol. The fraction of sp³-hybridized carbons (Fsp3) is 0.591. The van der Waals surface area contributed by atoms with E-state index in [0.717, 1.165) is 18.4 Å². The Hall–Kier alpha value is -2.84. The molecule has 1 atom stereocenters. The molecule has 1 aromatic carbocycles. The molecule has 31 heavy (non-hydrogen) atoms. The van der Waals surface area contributed by atoms with Gasteiger partial charge in [-0.15, -0.1) is 5.10 Å². The SMILES string of the molecule is Cc1nnnn1C(Cc1ccc(F)cc1)C(=O)N1CCC(CC(=O)N(C)C(C)C)CC1. The van der Waals surface area contributed by atoms with Gasteiger partial charge in [-0.2, -0.15) is 0 Å². The van der Waals surface area contributed by atoms with Crippen molar-refractivity contribution in [2.45, 2.75) is 58.5 Å². The van der Waals surface area contributed by atoms with Gasteiger partial charge in [-0.1, -0.05) is 12.1 Å². The topological polar surface area (TPSA) is 84.2 Å². The molecule has 0 N–H and O–H groups in total. The van der Waals surface area contributed by atoms with Crippen LogP contribution in [0.4, 0.5) is 4.39 Å². The van der Waals surface area contributed by atoms with Crippen molar-refractivity contribution in [1.29, 1.82) is 0 Å². The van der Waals surface area contributed by atoms with Gasteiger partial charge in [-0.25, -0.2) is 9.07 Å². The Kier molecular flexibility index (Phi) is 7.35. The lowest BCUT2D eigenvalue weighted by atomic mass is 9.92. The van der Waals surface area contributed by atoms with Gasteiger partial charge in [0.05, 0.1) is 0 Å². The molecule has 1 saturated heterocycles. The minimum absolute atomic E-state index is 0.0520. The van der Waals surface area contributed by atoms with Gasteiger partial charge in [-0.3, -0.25) is 9.59 Å². The zero-order valence-electron chi connectivity index (χ0n) is 18.7. The number of piperidine rings is 1. The molecule has 1 aliphatic rings. The van der Waals surface area contributed by atoms with E-state index in [9.17, 15) is 14.0 Å². The summed E-state index contributed by atoms with van der Waals surface area (Å²) in [5.74, 6) is 0.618. The van der Waals surface area contributed by atoms with Crippen molar-refractivity contribution >= 4 is 11.8 Å². The molecule has 0 bridgehead atoms. The molecule has 8 nitrogen and oxygen atoms in total. The molecule has 0 spiro atoms. The number of hydrogen-bond donors (Lipinski definition) is 0. The smallest absolute Gasteiger partial charge is 0.247 e. The fourth-order valence-electron chi connectivity index (χ4n) is 3.90. The van der Waals surface area contributed by atoms with Crippen molar-refractivity contribution < 1.29 is 14.0 Å². The van der Waals surface area contributed by atoms with Crippen molar-refractivity contribution in [3.05, 3.63) is 41.5 Å². The fourth-order valence-corrected chi connectivity index (χ4v) is 3.90. The zero-order valence-corrected chi connectivity index (χ0v) is 18.7. The molecule has 1 aliphatic heterocycles. The highest BCUT2D eigenvalue weighted by Gasteiger charge is 2.32. The second kappa shape index (κ2) is 9.98. The Morgan fingerprint density at radius 3 is 2.39 bits per heavy atom. The van der Waals surface area contributed by atoms with E-state index < -0.39 is 6.04 Å². The average molecular weight is 431 g/mol. The lowest BCUT2D eigenvalue weighted by Gasteiger charge is -2.35. The van der Waals surface area contributed by atoms with Crippen LogP contribution in [0, 0.1) is 18.7 Å². The molecule has 1 aromatic heterocycles. The first-order valence-corrected chi connectivity index (χ1v) is 10.8. The molecule has 168 valence electrons. The summed E-state index contributed by atoms with van der Waals surface area (Å²) in [5.41, 5.74) is 0.840. The van der Waals surface area contributed by atoms with Crippen LogP contribution in [-0.4, -0.2) is 68.0 Å². The molecule has 9 heteroatoms. The van der Waals surface area contributed by atoms with E-state index >= 15 is 0 Å². The number of likely N-dealkylation sites (tertiary alicyclic amines) is 1. The molecule has 1 fully saturated rings. The molecular formula is C22H31FN6O2. The molecule has 0 aliphatic carbocycles. The van der Waals surface area contributed by atoms with E-state index in [1.807, 2.05) is 25.8 Å². The first-order chi connectivity index (χ1) is 14.8. The molecule has 0 saturated carbocycles. The second-order valence-electron chi connectivity index (χ2n) is 8.59. The van der Waals surface area contributed by atoms with E-state index in [1.165, 1.54) is 12.1 Å². The molecule has 2 heterocycles. The summed E-state index contributed by atoms with van der Waals surface area (Å²) in [6, 6.07) is 5.73. The van der Waals surface area contributed by atoms with Gasteiger partial charge in [-0.05, 0) is 67.7 Å². The highest BCUT2D eigenvalue weighted by Crippen LogP contribution is 2.25. The molecule has 2 amide bonds. The van der Waals surface area contributed by atoms with E-state index in [4.69, 9.17) is 0 Å². The van der Waals surface area contributed by atoms with Gasteiger partial charge >= 0.3 is 0 Å². The second-order valence-corrected chi connectivity index (χ2v) is 8.59. The maximum absolute atomic E-state index is 13.4. The third-order valence-electron chi connectivity index (χ3n) is 6.14. The Morgan fingerprint density at radius 1 is 1.19 bits per heavy atom. The maximum atomic E-state index is 13.4. The van der Waals surface area contributed by atoms with Crippen LogP contribution in [0.5, 0.6) is 0 Å². The quantitative estimate of drug-likeness (QED) is 0.674. The first kappa shape index (κ1) is 22.8. The Labute approximate surface area is 182 Å². The summed E-state index contributed by atoms with van der Waals surface area (Å²) >= 11 is 0. The van der Waals surface area contributed by atoms with Crippen LogP contribution < -0.4 is 0 Å². The number of benzene rings is 1. The summed E-state index contributed by atoms with van der Waals surface area (Å²) < 4.78 is 14.8. The van der Waals surface area contributed by atoms with Gasteiger partial charge in [0.25, 0.3) is 0 Å². The minimum atomic E-state index is -0.592. The number of aromatic nitrogens is 4. The van der Waals surface area contributed by atoms with Crippen LogP contribution in [0.25, 0.3) is 0 Å². The third kappa shape index (κ3) is 5.65. The largest absolute Gasteiger partial charge is 0.343 e. The number of rotatable bonds is 7. The van der Waals surface area contributed by atoms with Crippen molar-refractivity contribution in [2.24, 2.45) is 5.92 Å². The normalized spacial score (nSPS) is 15.9. The van der Waals surface area contributed by atoms with Crippen LogP contribution in [0.2, 0.25) is 0 Å². The number of hydrogen-bond acceptors (Lipinski definition) is 5. The lowest BCUT2D eigenvalue weighted by molar-refractivity contribution is -0.137. The minimum Gasteiger partial charge on any atom is -0.343 e. The summed E-state index contributed by atoms with van der Waals surface area (Å²) in [6.45, 7) is 6.96. The summed E-state index contributed by atoms with van der Waals surface area (Å²) in [4.78, 5) is 29.4. The predicted octanol–water partition coefficient (Wildman–Crippen LogP) is 2.40. The number of amides is 2. The van der Waals surface area contributed by atoms with Gasteiger partial charge < -0.3 is 9.80 Å². The van der Waals surface area contributed by atoms with Crippen molar-refractivity contribution in [3.63, 3.8) is 0 Å². The van der Waals surface area contributed by atoms with Gasteiger partial charge in [0, 0.05) is 39.0 Å². The summed E-state index contributed by atoms with van der Waals surface area (Å²) in [5, 5.41) is 11.6. The van der Waals surface area contributed by atoms with Crippen molar-refractivity contribution in [3.8, 4) is 0 Å². The third-order valence-corrected chi connectivity index (χ3v) is 6.14. The highest BCUT2D eigenvalue weighted by atomic mass is 19.1. The standard InChI is InChI=1S/C22H31FN6O2/c1-15(2)27(4)21(30)14-18-9-11-28(12-10-18)22(31)20(29-16(3)24-25-26-29)13-17-5-7-19(23)8-6-17/h5-8,15,18,20H,9-14H2,1-4H3. The van der Waals surface area contributed by atoms with Crippen molar-refractivity contribution in [1.82, 2.24) is 30.0 Å². The van der Waals surface area contributed by atoms with Crippen LogP contribution in [0.1, 0.15) is 50.5 Å². The van der Waals surface area contributed by atoms with E-state index in [-0.39, 0.29) is 29.6 Å². The monoisotopic (exact) mass is 430 g/mol. The maximum Gasteiger partial charge on any atom is 0.247 e. The van der Waals surface area contributed by atoms with E-state index in [2.05, 4.69) is 15.5 Å². The number of aryl methyl sites for hydroxylation is 1. The molecule has 3 rings (SSSR count). The Morgan fingerprint density at radius 2 is 1.84 bits per heavy atom. The van der Waals surface area contributed by atoms with Gasteiger partial charge in [0.15, 0.2) is 0 Å². The number of carbonyl (C=O) groups is 2. The molecule has 1 unspecified atom stereocenters. The highest BCUT2D eigenvalue weighted by molar-refractivity contribution is 5.81. The Bertz CT molecular complexity index is 890. The zero-order chi connectivity index (χ0) is 22.5. The van der Waals surface area contributed by atoms with Crippen LogP contribution in [0.3, 0.4) is 0 Å². The van der Waals surface area contributed by atoms with E-state index in [0.29, 0.717) is 31.8 Å². The van der Waals surface area contributed by atoms with Crippen LogP contribution >= 0.6 is 0 Å². The van der Waals surface area contributed by atoms with Gasteiger partial charge in [0.2, 0.25) is 11.8 Å². The number of carbonyl (C=O) groups excluding carboxylic acids is 2. The first-order valence-electron chi connectivity index (χ1n) is 10.8. The Balaban J connectivity index is 1.66. The summed E-state index contributed by atoms with van der Waals surface area (Å²) in [7, 11) is 1.83. The van der Waals surface area contributed by atoms with E-state index in [1.54, 1.807) is 28.6 Å². The van der Waals surface area contributed by atoms with Crippen LogP contribution in [-0.2, 0) is 16.0 Å².